The van der Waals surface area contributed by atoms with Gasteiger partial charge < -0.3 is 4.57 Å². The summed E-state index contributed by atoms with van der Waals surface area (Å²) in [5, 5.41) is 8.31. The molecule has 0 bridgehead atoms. The van der Waals surface area contributed by atoms with Crippen LogP contribution in [0.2, 0.25) is 0 Å². The van der Waals surface area contributed by atoms with Gasteiger partial charge in [-0.05, 0) is 13.8 Å². The standard InChI is InChI=1S/C12H16N6/c1-9-5-14-11(6-13-9)7-17-3-4-18-10(2)15-16-12(18)8-17/h5-6H,3-4,7-8H2,1-2H3. The van der Waals surface area contributed by atoms with E-state index < -0.39 is 0 Å². The van der Waals surface area contributed by atoms with E-state index in [2.05, 4.69) is 29.6 Å². The lowest BCUT2D eigenvalue weighted by Gasteiger charge is -2.26. The Morgan fingerprint density at radius 3 is 2.78 bits per heavy atom. The van der Waals surface area contributed by atoms with E-state index in [1.54, 1.807) is 0 Å². The van der Waals surface area contributed by atoms with Crippen LogP contribution >= 0.6 is 0 Å². The van der Waals surface area contributed by atoms with Gasteiger partial charge in [-0.25, -0.2) is 0 Å². The fourth-order valence-corrected chi connectivity index (χ4v) is 2.22. The predicted molar refractivity (Wildman–Crippen MR) is 65.6 cm³/mol. The largest absolute Gasteiger partial charge is 0.313 e. The van der Waals surface area contributed by atoms with Gasteiger partial charge in [0.1, 0.15) is 11.6 Å². The van der Waals surface area contributed by atoms with Crippen LogP contribution in [0.15, 0.2) is 12.4 Å². The first-order chi connectivity index (χ1) is 8.72. The Bertz CT molecular complexity index is 544. The number of hydrogen-bond acceptors (Lipinski definition) is 5. The molecule has 1 aliphatic rings. The summed E-state index contributed by atoms with van der Waals surface area (Å²) < 4.78 is 2.18. The molecule has 0 radical (unpaired) electrons. The Morgan fingerprint density at radius 1 is 1.11 bits per heavy atom. The molecule has 18 heavy (non-hydrogen) atoms. The van der Waals surface area contributed by atoms with Gasteiger partial charge in [0.05, 0.1) is 17.9 Å². The average molecular weight is 244 g/mol. The van der Waals surface area contributed by atoms with E-state index in [1.165, 1.54) is 0 Å². The molecule has 0 saturated carbocycles. The number of aromatic nitrogens is 5. The zero-order valence-electron chi connectivity index (χ0n) is 10.7. The first-order valence-corrected chi connectivity index (χ1v) is 6.11. The molecule has 0 unspecified atom stereocenters. The van der Waals surface area contributed by atoms with Crippen molar-refractivity contribution in [3.05, 3.63) is 35.4 Å². The maximum absolute atomic E-state index is 4.39. The fraction of sp³-hybridized carbons (Fsp3) is 0.500. The lowest BCUT2D eigenvalue weighted by Crippen LogP contribution is -2.34. The van der Waals surface area contributed by atoms with Crippen LogP contribution < -0.4 is 0 Å². The minimum atomic E-state index is 0.819. The van der Waals surface area contributed by atoms with Gasteiger partial charge in [0.25, 0.3) is 0 Å². The summed E-state index contributed by atoms with van der Waals surface area (Å²) in [7, 11) is 0. The molecule has 0 saturated heterocycles. The molecule has 0 aromatic carbocycles. The zero-order chi connectivity index (χ0) is 12.5. The number of nitrogens with zero attached hydrogens (tertiary/aromatic N) is 6. The Hall–Kier alpha value is -1.82. The van der Waals surface area contributed by atoms with Gasteiger partial charge in [-0.1, -0.05) is 0 Å². The van der Waals surface area contributed by atoms with Crippen molar-refractivity contribution < 1.29 is 0 Å². The minimum absolute atomic E-state index is 0.819. The van der Waals surface area contributed by atoms with Gasteiger partial charge in [-0.3, -0.25) is 14.9 Å². The number of fused-ring (bicyclic) bond motifs is 1. The highest BCUT2D eigenvalue weighted by atomic mass is 15.3. The molecule has 0 fully saturated rings. The lowest BCUT2D eigenvalue weighted by molar-refractivity contribution is 0.205. The van der Waals surface area contributed by atoms with Gasteiger partial charge in [0.2, 0.25) is 0 Å². The molecule has 6 heteroatoms. The number of aryl methyl sites for hydroxylation is 2. The van der Waals surface area contributed by atoms with Gasteiger partial charge in [-0.2, -0.15) is 0 Å². The van der Waals surface area contributed by atoms with Gasteiger partial charge in [-0.15, -0.1) is 10.2 Å². The van der Waals surface area contributed by atoms with Crippen LogP contribution in [0.4, 0.5) is 0 Å². The summed E-state index contributed by atoms with van der Waals surface area (Å²) in [6.07, 6.45) is 3.66. The van der Waals surface area contributed by atoms with Crippen molar-refractivity contribution in [1.29, 1.82) is 0 Å². The van der Waals surface area contributed by atoms with Crippen molar-refractivity contribution in [2.75, 3.05) is 6.54 Å². The quantitative estimate of drug-likeness (QED) is 0.778. The van der Waals surface area contributed by atoms with Crippen LogP contribution in [0.25, 0.3) is 0 Å². The first-order valence-electron chi connectivity index (χ1n) is 6.11. The average Bonchev–Trinajstić information content (AvgIpc) is 2.74. The topological polar surface area (TPSA) is 59.7 Å². The van der Waals surface area contributed by atoms with Crippen molar-refractivity contribution in [1.82, 2.24) is 29.6 Å². The van der Waals surface area contributed by atoms with Crippen LogP contribution in [-0.4, -0.2) is 36.2 Å². The highest BCUT2D eigenvalue weighted by Crippen LogP contribution is 2.13. The highest BCUT2D eigenvalue weighted by Gasteiger charge is 2.19. The second-order valence-electron chi connectivity index (χ2n) is 4.67. The van der Waals surface area contributed by atoms with Gasteiger partial charge in [0.15, 0.2) is 0 Å². The van der Waals surface area contributed by atoms with Gasteiger partial charge in [0, 0.05) is 32.0 Å². The highest BCUT2D eigenvalue weighted by molar-refractivity contribution is 5.02. The summed E-state index contributed by atoms with van der Waals surface area (Å²) in [4.78, 5) is 11.0. The summed E-state index contributed by atoms with van der Waals surface area (Å²) in [6, 6.07) is 0. The summed E-state index contributed by atoms with van der Waals surface area (Å²) in [5.74, 6) is 2.04. The summed E-state index contributed by atoms with van der Waals surface area (Å²) >= 11 is 0. The molecule has 2 aromatic rings. The minimum Gasteiger partial charge on any atom is -0.313 e. The van der Waals surface area contributed by atoms with Crippen LogP contribution in [-0.2, 0) is 19.6 Å². The van der Waals surface area contributed by atoms with E-state index in [1.807, 2.05) is 26.2 Å². The van der Waals surface area contributed by atoms with Gasteiger partial charge >= 0.3 is 0 Å². The molecule has 94 valence electrons. The van der Waals surface area contributed by atoms with Crippen molar-refractivity contribution in [3.63, 3.8) is 0 Å². The summed E-state index contributed by atoms with van der Waals surface area (Å²) in [5.41, 5.74) is 1.96. The van der Waals surface area contributed by atoms with E-state index >= 15 is 0 Å². The molecule has 1 aliphatic heterocycles. The summed E-state index contributed by atoms with van der Waals surface area (Å²) in [6.45, 7) is 7.55. The smallest absolute Gasteiger partial charge is 0.147 e. The van der Waals surface area contributed by atoms with Crippen molar-refractivity contribution >= 4 is 0 Å². The first kappa shape index (κ1) is 11.3. The van der Waals surface area contributed by atoms with Crippen LogP contribution in [0.3, 0.4) is 0 Å². The predicted octanol–water partition coefficient (Wildman–Crippen LogP) is 0.701. The van der Waals surface area contributed by atoms with Crippen molar-refractivity contribution in [2.45, 2.75) is 33.5 Å². The second-order valence-corrected chi connectivity index (χ2v) is 4.67. The van der Waals surface area contributed by atoms with Crippen molar-refractivity contribution in [2.24, 2.45) is 0 Å². The van der Waals surface area contributed by atoms with E-state index in [0.717, 1.165) is 49.2 Å². The Kier molecular flexibility index (Phi) is 2.79. The molecule has 0 atom stereocenters. The Balaban J connectivity index is 1.71. The lowest BCUT2D eigenvalue weighted by atomic mass is 10.3. The van der Waals surface area contributed by atoms with E-state index in [-0.39, 0.29) is 0 Å². The molecule has 3 rings (SSSR count). The molecule has 0 amide bonds. The van der Waals surface area contributed by atoms with Crippen LogP contribution in [0.1, 0.15) is 23.0 Å². The zero-order valence-corrected chi connectivity index (χ0v) is 10.7. The van der Waals surface area contributed by atoms with E-state index in [4.69, 9.17) is 0 Å². The van der Waals surface area contributed by atoms with Crippen LogP contribution in [0, 0.1) is 13.8 Å². The molecular formula is C12H16N6. The molecule has 6 nitrogen and oxygen atoms in total. The van der Waals surface area contributed by atoms with E-state index in [0.29, 0.717) is 0 Å². The number of rotatable bonds is 2. The SMILES string of the molecule is Cc1cnc(CN2CCn3c(C)nnc3C2)cn1. The third-order valence-electron chi connectivity index (χ3n) is 3.24. The maximum atomic E-state index is 4.39. The molecule has 0 aliphatic carbocycles. The third kappa shape index (κ3) is 2.11. The maximum Gasteiger partial charge on any atom is 0.147 e. The Morgan fingerprint density at radius 2 is 2.00 bits per heavy atom. The monoisotopic (exact) mass is 244 g/mol. The molecule has 3 heterocycles. The van der Waals surface area contributed by atoms with Crippen molar-refractivity contribution in [3.8, 4) is 0 Å². The number of hydrogen-bond donors (Lipinski definition) is 0. The molecular weight excluding hydrogens is 228 g/mol. The second kappa shape index (κ2) is 4.45. The molecule has 0 N–H and O–H groups in total. The van der Waals surface area contributed by atoms with Crippen LogP contribution in [0.5, 0.6) is 0 Å². The Labute approximate surface area is 106 Å². The van der Waals surface area contributed by atoms with E-state index in [9.17, 15) is 0 Å². The normalized spacial score (nSPS) is 15.7. The fourth-order valence-electron chi connectivity index (χ4n) is 2.22. The third-order valence-corrected chi connectivity index (χ3v) is 3.24. The molecule has 2 aromatic heterocycles. The molecule has 0 spiro atoms.